The predicted molar refractivity (Wildman–Crippen MR) is 118 cm³/mol. The Labute approximate surface area is 176 Å². The molecule has 4 rings (SSSR count). The molecule has 1 unspecified atom stereocenters. The van der Waals surface area contributed by atoms with Gasteiger partial charge in [-0.05, 0) is 54.3 Å². The van der Waals surface area contributed by atoms with Gasteiger partial charge in [0.05, 0.1) is 24.3 Å². The molecule has 0 saturated heterocycles. The predicted octanol–water partition coefficient (Wildman–Crippen LogP) is 4.12. The molecule has 1 atom stereocenters. The minimum atomic E-state index is -0.0261. The summed E-state index contributed by atoms with van der Waals surface area (Å²) in [4.78, 5) is 9.50. The number of ether oxygens (including phenoxy) is 1. The van der Waals surface area contributed by atoms with E-state index in [1.54, 1.807) is 11.8 Å². The number of aryl methyl sites for hydroxylation is 2. The molecule has 3 heterocycles. The molecule has 1 aromatic carbocycles. The summed E-state index contributed by atoms with van der Waals surface area (Å²) >= 11 is 0. The first-order valence-corrected chi connectivity index (χ1v) is 10.2. The molecule has 0 bridgehead atoms. The third kappa shape index (κ3) is 4.04. The maximum atomic E-state index is 9.74. The summed E-state index contributed by atoms with van der Waals surface area (Å²) in [7, 11) is 3.58. The monoisotopic (exact) mass is 402 g/mol. The standard InChI is InChI=1S/C24H26N4O2/c1-4-16-9-17(11-20(10-16)30-3)21(7-8-29)22-5-6-23-24(27-22)12-18(13-25-23)19-14-26-28(2)15-19/h5-6,9-15,21,29H,4,7-8H2,1-3H3. The largest absolute Gasteiger partial charge is 0.497 e. The summed E-state index contributed by atoms with van der Waals surface area (Å²) < 4.78 is 7.27. The molecule has 0 aliphatic heterocycles. The molecule has 0 aliphatic rings. The Hall–Kier alpha value is -3.25. The van der Waals surface area contributed by atoms with E-state index in [9.17, 15) is 5.11 Å². The number of hydrogen-bond acceptors (Lipinski definition) is 5. The second-order valence-electron chi connectivity index (χ2n) is 7.43. The highest BCUT2D eigenvalue weighted by atomic mass is 16.5. The molecule has 30 heavy (non-hydrogen) atoms. The highest BCUT2D eigenvalue weighted by Crippen LogP contribution is 2.32. The molecular weight excluding hydrogens is 376 g/mol. The first kappa shape index (κ1) is 20.0. The Morgan fingerprint density at radius 1 is 1.07 bits per heavy atom. The van der Waals surface area contributed by atoms with E-state index in [0.29, 0.717) is 6.42 Å². The number of aliphatic hydroxyl groups is 1. The topological polar surface area (TPSA) is 73.1 Å². The second kappa shape index (κ2) is 8.63. The van der Waals surface area contributed by atoms with Crippen molar-refractivity contribution < 1.29 is 9.84 Å². The zero-order chi connectivity index (χ0) is 21.1. The van der Waals surface area contributed by atoms with Crippen LogP contribution in [0, 0.1) is 0 Å². The van der Waals surface area contributed by atoms with E-state index in [0.717, 1.165) is 45.6 Å². The van der Waals surface area contributed by atoms with Gasteiger partial charge in [-0.25, -0.2) is 0 Å². The van der Waals surface area contributed by atoms with E-state index in [2.05, 4.69) is 29.1 Å². The summed E-state index contributed by atoms with van der Waals surface area (Å²) in [6.07, 6.45) is 7.14. The number of aromatic nitrogens is 4. The van der Waals surface area contributed by atoms with Crippen molar-refractivity contribution in [1.29, 1.82) is 0 Å². The van der Waals surface area contributed by atoms with Crippen LogP contribution in [0.1, 0.15) is 36.1 Å². The van der Waals surface area contributed by atoms with E-state index in [1.165, 1.54) is 5.56 Å². The van der Waals surface area contributed by atoms with Crippen LogP contribution in [-0.2, 0) is 13.5 Å². The summed E-state index contributed by atoms with van der Waals surface area (Å²) in [6.45, 7) is 2.20. The van der Waals surface area contributed by atoms with Crippen LogP contribution < -0.4 is 4.74 Å². The molecular formula is C24H26N4O2. The van der Waals surface area contributed by atoms with Gasteiger partial charge in [-0.15, -0.1) is 0 Å². The number of hydrogen-bond donors (Lipinski definition) is 1. The fraction of sp³-hybridized carbons (Fsp3) is 0.292. The summed E-state index contributed by atoms with van der Waals surface area (Å²) in [6, 6.07) is 12.3. The van der Waals surface area contributed by atoms with Crippen molar-refractivity contribution in [2.45, 2.75) is 25.7 Å². The summed E-state index contributed by atoms with van der Waals surface area (Å²) in [5.41, 5.74) is 6.87. The lowest BCUT2D eigenvalue weighted by Gasteiger charge is -2.18. The Kier molecular flexibility index (Phi) is 5.77. The van der Waals surface area contributed by atoms with E-state index in [4.69, 9.17) is 9.72 Å². The molecule has 0 saturated carbocycles. The lowest BCUT2D eigenvalue weighted by atomic mass is 9.90. The van der Waals surface area contributed by atoms with Crippen molar-refractivity contribution in [1.82, 2.24) is 19.7 Å². The summed E-state index contributed by atoms with van der Waals surface area (Å²) in [5, 5.41) is 14.0. The molecule has 154 valence electrons. The maximum absolute atomic E-state index is 9.74. The van der Waals surface area contributed by atoms with Gasteiger partial charge in [-0.2, -0.15) is 5.10 Å². The molecule has 3 aromatic heterocycles. The smallest absolute Gasteiger partial charge is 0.119 e. The van der Waals surface area contributed by atoms with Gasteiger partial charge in [0, 0.05) is 48.8 Å². The van der Waals surface area contributed by atoms with Crippen LogP contribution in [0.25, 0.3) is 22.2 Å². The highest BCUT2D eigenvalue weighted by Gasteiger charge is 2.18. The Bertz CT molecular complexity index is 1150. The van der Waals surface area contributed by atoms with Crippen molar-refractivity contribution in [3.05, 3.63) is 71.8 Å². The van der Waals surface area contributed by atoms with Crippen molar-refractivity contribution >= 4 is 11.0 Å². The average Bonchev–Trinajstić information content (AvgIpc) is 3.22. The Balaban J connectivity index is 1.78. The Morgan fingerprint density at radius 3 is 2.63 bits per heavy atom. The Morgan fingerprint density at radius 2 is 1.93 bits per heavy atom. The molecule has 0 radical (unpaired) electrons. The second-order valence-corrected chi connectivity index (χ2v) is 7.43. The van der Waals surface area contributed by atoms with Crippen molar-refractivity contribution in [2.24, 2.45) is 7.05 Å². The lowest BCUT2D eigenvalue weighted by molar-refractivity contribution is 0.281. The van der Waals surface area contributed by atoms with Crippen LogP contribution in [0.2, 0.25) is 0 Å². The van der Waals surface area contributed by atoms with Crippen LogP contribution in [-0.4, -0.2) is 38.6 Å². The van der Waals surface area contributed by atoms with Crippen molar-refractivity contribution in [3.63, 3.8) is 0 Å². The number of methoxy groups -OCH3 is 1. The molecule has 1 N–H and O–H groups in total. The number of nitrogens with zero attached hydrogens (tertiary/aromatic N) is 4. The van der Waals surface area contributed by atoms with E-state index < -0.39 is 0 Å². The molecule has 6 heteroatoms. The normalized spacial score (nSPS) is 12.3. The minimum Gasteiger partial charge on any atom is -0.497 e. The van der Waals surface area contributed by atoms with Gasteiger partial charge in [-0.3, -0.25) is 14.6 Å². The average molecular weight is 402 g/mol. The molecule has 4 aromatic rings. The molecule has 0 fully saturated rings. The van der Waals surface area contributed by atoms with Gasteiger partial charge < -0.3 is 9.84 Å². The van der Waals surface area contributed by atoms with Gasteiger partial charge in [0.25, 0.3) is 0 Å². The number of fused-ring (bicyclic) bond motifs is 1. The van der Waals surface area contributed by atoms with E-state index in [1.807, 2.05) is 49.9 Å². The number of rotatable bonds is 7. The number of benzene rings is 1. The van der Waals surface area contributed by atoms with Crippen LogP contribution in [0.4, 0.5) is 0 Å². The molecule has 0 aliphatic carbocycles. The number of pyridine rings is 2. The number of aliphatic hydroxyl groups excluding tert-OH is 1. The molecule has 0 spiro atoms. The first-order chi connectivity index (χ1) is 14.6. The van der Waals surface area contributed by atoms with Gasteiger partial charge >= 0.3 is 0 Å². The highest BCUT2D eigenvalue weighted by molar-refractivity contribution is 5.80. The van der Waals surface area contributed by atoms with Crippen LogP contribution in [0.3, 0.4) is 0 Å². The maximum Gasteiger partial charge on any atom is 0.119 e. The molecule has 6 nitrogen and oxygen atoms in total. The minimum absolute atomic E-state index is 0.0261. The van der Waals surface area contributed by atoms with E-state index in [-0.39, 0.29) is 12.5 Å². The van der Waals surface area contributed by atoms with Gasteiger partial charge in [0.2, 0.25) is 0 Å². The third-order valence-electron chi connectivity index (χ3n) is 5.41. The first-order valence-electron chi connectivity index (χ1n) is 10.2. The van der Waals surface area contributed by atoms with Crippen molar-refractivity contribution in [3.8, 4) is 16.9 Å². The quantitative estimate of drug-likeness (QED) is 0.503. The van der Waals surface area contributed by atoms with Crippen molar-refractivity contribution in [2.75, 3.05) is 13.7 Å². The fourth-order valence-corrected chi connectivity index (χ4v) is 3.77. The van der Waals surface area contributed by atoms with Crippen LogP contribution >= 0.6 is 0 Å². The fourth-order valence-electron chi connectivity index (χ4n) is 3.77. The summed E-state index contributed by atoms with van der Waals surface area (Å²) in [5.74, 6) is 0.801. The zero-order valence-corrected chi connectivity index (χ0v) is 17.5. The SMILES string of the molecule is CCc1cc(OC)cc(C(CCO)c2ccc3ncc(-c4cnn(C)c4)cc3n2)c1. The third-order valence-corrected chi connectivity index (χ3v) is 5.41. The van der Waals surface area contributed by atoms with Gasteiger partial charge in [0.15, 0.2) is 0 Å². The zero-order valence-electron chi connectivity index (χ0n) is 17.5. The van der Waals surface area contributed by atoms with Gasteiger partial charge in [-0.1, -0.05) is 13.0 Å². The van der Waals surface area contributed by atoms with Crippen LogP contribution in [0.15, 0.2) is 55.0 Å². The van der Waals surface area contributed by atoms with Gasteiger partial charge in [0.1, 0.15) is 5.75 Å². The lowest BCUT2D eigenvalue weighted by Crippen LogP contribution is -2.07. The van der Waals surface area contributed by atoms with E-state index >= 15 is 0 Å². The molecule has 0 amide bonds. The van der Waals surface area contributed by atoms with Crippen LogP contribution in [0.5, 0.6) is 5.75 Å².